The van der Waals surface area contributed by atoms with E-state index in [1.165, 1.54) is 6.08 Å². The Kier molecular flexibility index (Phi) is 5.90. The van der Waals surface area contributed by atoms with Crippen LogP contribution in [0.1, 0.15) is 6.92 Å². The van der Waals surface area contributed by atoms with Gasteiger partial charge in [-0.25, -0.2) is 14.0 Å². The number of anilines is 1. The standard InChI is InChI=1S/C24H24N8O3/c1-2-34-23-21(19-7-3-5-9-31(19)29-23)27-17-14-18(16(26)13-15(17)25)28-22-20-8-4-6-10-32(20)30-24(22)35-12-11-33/h3-10,13-14,26,28,33H,2,11-12,25H2,1H3. The van der Waals surface area contributed by atoms with Crippen LogP contribution in [0, 0.1) is 5.41 Å². The molecule has 11 heteroatoms. The minimum atomic E-state index is -0.149. The number of nitrogens with zero attached hydrogens (tertiary/aromatic N) is 5. The molecule has 35 heavy (non-hydrogen) atoms. The summed E-state index contributed by atoms with van der Waals surface area (Å²) in [5.74, 6) is 0.700. The number of ether oxygens (including phenoxy) is 2. The zero-order chi connectivity index (χ0) is 24.4. The van der Waals surface area contributed by atoms with Gasteiger partial charge in [-0.2, -0.15) is 0 Å². The van der Waals surface area contributed by atoms with Gasteiger partial charge < -0.3 is 25.6 Å². The minimum absolute atomic E-state index is 0.0869. The highest BCUT2D eigenvalue weighted by Crippen LogP contribution is 2.34. The van der Waals surface area contributed by atoms with E-state index in [-0.39, 0.29) is 18.9 Å². The van der Waals surface area contributed by atoms with Gasteiger partial charge in [0.1, 0.15) is 12.3 Å². The number of aliphatic hydroxyl groups is 1. The second kappa shape index (κ2) is 9.31. The zero-order valence-corrected chi connectivity index (χ0v) is 19.0. The quantitative estimate of drug-likeness (QED) is 0.288. The van der Waals surface area contributed by atoms with Crippen molar-refractivity contribution < 1.29 is 14.6 Å². The van der Waals surface area contributed by atoms with Crippen LogP contribution in [0.15, 0.2) is 77.3 Å². The second-order valence-electron chi connectivity index (χ2n) is 7.59. The van der Waals surface area contributed by atoms with Gasteiger partial charge in [0.2, 0.25) is 0 Å². The molecular formula is C24H24N8O3. The molecule has 0 spiro atoms. The van der Waals surface area contributed by atoms with Crippen LogP contribution in [0.2, 0.25) is 0 Å². The number of aliphatic imine (C=N–C) groups is 1. The highest BCUT2D eigenvalue weighted by atomic mass is 16.5. The van der Waals surface area contributed by atoms with Gasteiger partial charge in [0.05, 0.1) is 47.1 Å². The fraction of sp³-hybridized carbons (Fsp3) is 0.167. The van der Waals surface area contributed by atoms with Gasteiger partial charge in [-0.05, 0) is 43.3 Å². The molecule has 4 heterocycles. The van der Waals surface area contributed by atoms with E-state index >= 15 is 0 Å². The number of nitrogens with two attached hydrogens (primary N) is 1. The van der Waals surface area contributed by atoms with Crippen molar-refractivity contribution >= 4 is 33.8 Å². The smallest absolute Gasteiger partial charge is 0.260 e. The number of pyridine rings is 2. The van der Waals surface area contributed by atoms with Crippen molar-refractivity contribution in [2.45, 2.75) is 6.92 Å². The van der Waals surface area contributed by atoms with Crippen LogP contribution in [0.3, 0.4) is 0 Å². The first-order chi connectivity index (χ1) is 17.1. The predicted octanol–water partition coefficient (Wildman–Crippen LogP) is 2.70. The Morgan fingerprint density at radius 3 is 2.49 bits per heavy atom. The molecule has 0 radical (unpaired) electrons. The zero-order valence-electron chi connectivity index (χ0n) is 19.0. The molecule has 0 saturated carbocycles. The topological polar surface area (TPSA) is 148 Å². The summed E-state index contributed by atoms with van der Waals surface area (Å²) in [5, 5.41) is 29.8. The van der Waals surface area contributed by atoms with E-state index in [0.29, 0.717) is 46.8 Å². The first-order valence-electron chi connectivity index (χ1n) is 11.0. The molecule has 0 fully saturated rings. The van der Waals surface area contributed by atoms with Crippen molar-refractivity contribution in [3.63, 3.8) is 0 Å². The molecule has 5 N–H and O–H groups in total. The Morgan fingerprint density at radius 2 is 1.74 bits per heavy atom. The Morgan fingerprint density at radius 1 is 1.03 bits per heavy atom. The number of rotatable bonds is 8. The largest absolute Gasteiger partial charge is 0.475 e. The summed E-state index contributed by atoms with van der Waals surface area (Å²) in [5.41, 5.74) is 10.3. The lowest BCUT2D eigenvalue weighted by atomic mass is 10.0. The molecule has 11 nitrogen and oxygen atoms in total. The summed E-state index contributed by atoms with van der Waals surface area (Å²) in [6, 6.07) is 11.3. The van der Waals surface area contributed by atoms with Crippen LogP contribution in [0.25, 0.3) is 11.0 Å². The van der Waals surface area contributed by atoms with Crippen molar-refractivity contribution in [1.29, 1.82) is 5.41 Å². The Bertz CT molecular complexity index is 1510. The molecule has 1 aliphatic rings. The van der Waals surface area contributed by atoms with E-state index in [1.54, 1.807) is 21.3 Å². The maximum absolute atomic E-state index is 9.20. The van der Waals surface area contributed by atoms with Crippen molar-refractivity contribution in [2.24, 2.45) is 10.7 Å². The van der Waals surface area contributed by atoms with Crippen LogP contribution in [-0.2, 0) is 0 Å². The van der Waals surface area contributed by atoms with Crippen LogP contribution in [-0.4, -0.2) is 55.6 Å². The van der Waals surface area contributed by atoms with E-state index in [9.17, 15) is 5.11 Å². The Balaban J connectivity index is 1.57. The van der Waals surface area contributed by atoms with E-state index in [2.05, 4.69) is 15.5 Å². The summed E-state index contributed by atoms with van der Waals surface area (Å²) in [6.07, 6.45) is 6.84. The first kappa shape index (κ1) is 22.2. The maximum Gasteiger partial charge on any atom is 0.260 e. The van der Waals surface area contributed by atoms with Crippen LogP contribution in [0.4, 0.5) is 11.4 Å². The lowest BCUT2D eigenvalue weighted by Gasteiger charge is -2.16. The molecule has 0 aromatic carbocycles. The lowest BCUT2D eigenvalue weighted by molar-refractivity contribution is 0.197. The fourth-order valence-electron chi connectivity index (χ4n) is 3.70. The lowest BCUT2D eigenvalue weighted by Crippen LogP contribution is -2.22. The van der Waals surface area contributed by atoms with Gasteiger partial charge in [0, 0.05) is 12.4 Å². The van der Waals surface area contributed by atoms with E-state index in [1.807, 2.05) is 49.5 Å². The Hall–Kier alpha value is -4.64. The minimum Gasteiger partial charge on any atom is -0.475 e. The molecule has 5 rings (SSSR count). The van der Waals surface area contributed by atoms with Gasteiger partial charge in [0.15, 0.2) is 5.69 Å². The summed E-state index contributed by atoms with van der Waals surface area (Å²) in [4.78, 5) is 4.77. The summed E-state index contributed by atoms with van der Waals surface area (Å²) < 4.78 is 14.7. The number of allylic oxidation sites excluding steroid dienone is 2. The third-order valence-electron chi connectivity index (χ3n) is 5.26. The fourth-order valence-corrected chi connectivity index (χ4v) is 3.70. The molecule has 0 aliphatic heterocycles. The van der Waals surface area contributed by atoms with E-state index < -0.39 is 0 Å². The van der Waals surface area contributed by atoms with Crippen molar-refractivity contribution in [3.05, 3.63) is 72.3 Å². The third-order valence-corrected chi connectivity index (χ3v) is 5.26. The molecule has 0 bridgehead atoms. The van der Waals surface area contributed by atoms with Crippen LogP contribution < -0.4 is 20.5 Å². The van der Waals surface area contributed by atoms with Crippen LogP contribution in [0.5, 0.6) is 11.8 Å². The van der Waals surface area contributed by atoms with Gasteiger partial charge >= 0.3 is 0 Å². The molecule has 1 aliphatic carbocycles. The highest BCUT2D eigenvalue weighted by Gasteiger charge is 2.21. The number of aromatic nitrogens is 4. The number of hydrogen-bond acceptors (Lipinski definition) is 9. The number of nitrogens with one attached hydrogen (secondary N) is 2. The molecule has 0 unspecified atom stereocenters. The van der Waals surface area contributed by atoms with Gasteiger partial charge in [-0.3, -0.25) is 5.41 Å². The van der Waals surface area contributed by atoms with Crippen molar-refractivity contribution in [2.75, 3.05) is 25.1 Å². The van der Waals surface area contributed by atoms with Gasteiger partial charge in [-0.1, -0.05) is 12.1 Å². The SMILES string of the molecule is CCOc1nn2ccccc2c1N=C1C=C(Nc2c(OCCO)nn3ccccc23)C(=N)C=C1N. The summed E-state index contributed by atoms with van der Waals surface area (Å²) in [7, 11) is 0. The number of aliphatic hydroxyl groups excluding tert-OH is 1. The number of hydrogen-bond donors (Lipinski definition) is 4. The van der Waals surface area contributed by atoms with Gasteiger partial charge in [-0.15, -0.1) is 10.2 Å². The molecule has 4 aromatic heterocycles. The van der Waals surface area contributed by atoms with E-state index in [0.717, 1.165) is 11.0 Å². The monoisotopic (exact) mass is 472 g/mol. The highest BCUT2D eigenvalue weighted by molar-refractivity contribution is 6.24. The Labute approximate surface area is 200 Å². The van der Waals surface area contributed by atoms with Crippen molar-refractivity contribution in [1.82, 2.24) is 19.2 Å². The first-order valence-corrected chi connectivity index (χ1v) is 11.0. The normalized spacial score (nSPS) is 14.9. The van der Waals surface area contributed by atoms with Gasteiger partial charge in [0.25, 0.3) is 11.8 Å². The average molecular weight is 473 g/mol. The molecular weight excluding hydrogens is 448 g/mol. The molecule has 4 aromatic rings. The molecule has 0 amide bonds. The molecule has 178 valence electrons. The third kappa shape index (κ3) is 4.20. The molecule has 0 saturated heterocycles. The van der Waals surface area contributed by atoms with Crippen molar-refractivity contribution in [3.8, 4) is 11.8 Å². The second-order valence-corrected chi connectivity index (χ2v) is 7.59. The molecule has 0 atom stereocenters. The average Bonchev–Trinajstić information content (AvgIpc) is 3.38. The number of fused-ring (bicyclic) bond motifs is 2. The predicted molar refractivity (Wildman–Crippen MR) is 133 cm³/mol. The summed E-state index contributed by atoms with van der Waals surface area (Å²) >= 11 is 0. The summed E-state index contributed by atoms with van der Waals surface area (Å²) in [6.45, 7) is 2.25. The maximum atomic E-state index is 9.20. The van der Waals surface area contributed by atoms with E-state index in [4.69, 9.17) is 25.6 Å². The van der Waals surface area contributed by atoms with Crippen LogP contribution >= 0.6 is 0 Å².